The van der Waals surface area contributed by atoms with E-state index in [0.717, 1.165) is 12.1 Å². The van der Waals surface area contributed by atoms with Gasteiger partial charge in [-0.05, 0) is 46.3 Å². The van der Waals surface area contributed by atoms with Crippen molar-refractivity contribution in [2.45, 2.75) is 10.7 Å². The molecule has 0 spiro atoms. The quantitative estimate of drug-likeness (QED) is 0.857. The number of H-pyrrole nitrogens is 1. The van der Waals surface area contributed by atoms with E-state index in [4.69, 9.17) is 0 Å². The average molecular weight is 379 g/mol. The third kappa shape index (κ3) is 3.48. The Morgan fingerprint density at radius 2 is 1.86 bits per heavy atom. The maximum atomic E-state index is 12.4. The molecular weight excluding hydrogens is 370 g/mol. The van der Waals surface area contributed by atoms with E-state index in [2.05, 4.69) is 26.2 Å². The molecule has 1 amide bonds. The minimum absolute atomic E-state index is 0.291. The highest BCUT2D eigenvalue weighted by Gasteiger charge is 2.26. The van der Waals surface area contributed by atoms with Crippen molar-refractivity contribution in [2.24, 2.45) is 0 Å². The van der Waals surface area contributed by atoms with Gasteiger partial charge in [0.25, 0.3) is 5.91 Å². The summed E-state index contributed by atoms with van der Waals surface area (Å²) in [5.74, 6) is -3.92. The second-order valence-electron chi connectivity index (χ2n) is 4.02. The zero-order chi connectivity index (χ0) is 15.6. The Kier molecular flexibility index (Phi) is 4.43. The Balaban J connectivity index is 2.15. The van der Waals surface area contributed by atoms with E-state index >= 15 is 0 Å². The number of amides is 1. The molecule has 0 unspecified atom stereocenters. The SMILES string of the molecule is O=C(Nc1ccc(S(=O)(=O)C(F)F)cc1)c1cc(Br)c[nH]1. The number of anilines is 1. The van der Waals surface area contributed by atoms with Crippen LogP contribution in [0.4, 0.5) is 14.5 Å². The first-order valence-corrected chi connectivity index (χ1v) is 7.92. The number of carbonyl (C=O) groups excluding carboxylic acids is 1. The van der Waals surface area contributed by atoms with Crippen LogP contribution in [0.5, 0.6) is 0 Å². The molecule has 1 heterocycles. The van der Waals surface area contributed by atoms with Crippen LogP contribution >= 0.6 is 15.9 Å². The van der Waals surface area contributed by atoms with Crippen molar-refractivity contribution in [3.8, 4) is 0 Å². The molecule has 112 valence electrons. The summed E-state index contributed by atoms with van der Waals surface area (Å²) in [6.07, 6.45) is 1.58. The number of hydrogen-bond donors (Lipinski definition) is 2. The predicted octanol–water partition coefficient (Wildman–Crippen LogP) is 3.03. The summed E-state index contributed by atoms with van der Waals surface area (Å²) in [6.45, 7) is 0. The van der Waals surface area contributed by atoms with Crippen molar-refractivity contribution >= 4 is 37.4 Å². The van der Waals surface area contributed by atoms with E-state index in [-0.39, 0.29) is 0 Å². The maximum Gasteiger partial charge on any atom is 0.341 e. The van der Waals surface area contributed by atoms with E-state index in [1.165, 1.54) is 12.1 Å². The number of carbonyl (C=O) groups is 1. The first kappa shape index (κ1) is 15.6. The summed E-state index contributed by atoms with van der Waals surface area (Å²) in [5.41, 5.74) is 0.588. The second-order valence-corrected chi connectivity index (χ2v) is 6.85. The van der Waals surface area contributed by atoms with E-state index in [9.17, 15) is 22.0 Å². The fourth-order valence-corrected chi connectivity index (χ4v) is 2.59. The minimum atomic E-state index is -4.63. The molecule has 21 heavy (non-hydrogen) atoms. The Labute approximate surface area is 127 Å². The van der Waals surface area contributed by atoms with Crippen molar-refractivity contribution in [3.63, 3.8) is 0 Å². The van der Waals surface area contributed by atoms with Gasteiger partial charge in [-0.1, -0.05) is 0 Å². The van der Waals surface area contributed by atoms with Gasteiger partial charge in [0.15, 0.2) is 0 Å². The number of benzene rings is 1. The van der Waals surface area contributed by atoms with Crippen LogP contribution in [-0.4, -0.2) is 25.1 Å². The predicted molar refractivity (Wildman–Crippen MR) is 76.1 cm³/mol. The smallest absolute Gasteiger partial charge is 0.341 e. The van der Waals surface area contributed by atoms with E-state index in [1.807, 2.05) is 0 Å². The van der Waals surface area contributed by atoms with Crippen molar-refractivity contribution < 1.29 is 22.0 Å². The summed E-state index contributed by atoms with van der Waals surface area (Å²) in [4.78, 5) is 14.0. The summed E-state index contributed by atoms with van der Waals surface area (Å²) < 4.78 is 47.9. The fraction of sp³-hybridized carbons (Fsp3) is 0.0833. The highest BCUT2D eigenvalue weighted by atomic mass is 79.9. The van der Waals surface area contributed by atoms with E-state index in [1.54, 1.807) is 12.3 Å². The van der Waals surface area contributed by atoms with Gasteiger partial charge in [0, 0.05) is 16.4 Å². The lowest BCUT2D eigenvalue weighted by Crippen LogP contribution is -2.13. The van der Waals surface area contributed by atoms with Crippen LogP contribution in [0.3, 0.4) is 0 Å². The molecule has 2 rings (SSSR count). The maximum absolute atomic E-state index is 12.4. The van der Waals surface area contributed by atoms with Gasteiger partial charge >= 0.3 is 5.76 Å². The zero-order valence-electron chi connectivity index (χ0n) is 10.3. The minimum Gasteiger partial charge on any atom is -0.356 e. The number of halogens is 3. The number of sulfone groups is 1. The molecule has 0 aliphatic rings. The van der Waals surface area contributed by atoms with Crippen LogP contribution in [0.1, 0.15) is 10.5 Å². The number of aromatic nitrogens is 1. The van der Waals surface area contributed by atoms with Gasteiger partial charge < -0.3 is 10.3 Å². The lowest BCUT2D eigenvalue weighted by Gasteiger charge is -2.06. The molecule has 0 saturated carbocycles. The number of hydrogen-bond acceptors (Lipinski definition) is 3. The van der Waals surface area contributed by atoms with Crippen molar-refractivity contribution in [3.05, 3.63) is 46.7 Å². The normalized spacial score (nSPS) is 11.6. The topological polar surface area (TPSA) is 79.0 Å². The third-order valence-electron chi connectivity index (χ3n) is 2.57. The lowest BCUT2D eigenvalue weighted by atomic mass is 10.3. The summed E-state index contributed by atoms with van der Waals surface area (Å²) in [6, 6.07) is 6.07. The van der Waals surface area contributed by atoms with Gasteiger partial charge in [0.2, 0.25) is 9.84 Å². The fourth-order valence-electron chi connectivity index (χ4n) is 1.53. The molecule has 0 bridgehead atoms. The average Bonchev–Trinajstić information content (AvgIpc) is 2.86. The third-order valence-corrected chi connectivity index (χ3v) is 4.42. The second kappa shape index (κ2) is 5.94. The largest absolute Gasteiger partial charge is 0.356 e. The molecule has 0 aliphatic carbocycles. The van der Waals surface area contributed by atoms with Crippen LogP contribution in [-0.2, 0) is 9.84 Å². The molecule has 0 aliphatic heterocycles. The molecule has 0 saturated heterocycles. The summed E-state index contributed by atoms with van der Waals surface area (Å²) >= 11 is 3.18. The molecule has 0 radical (unpaired) electrons. The number of nitrogens with one attached hydrogen (secondary N) is 2. The van der Waals surface area contributed by atoms with Crippen LogP contribution < -0.4 is 5.32 Å². The standard InChI is InChI=1S/C12H9BrF2N2O3S/c13-7-5-10(16-6-7)11(18)17-8-1-3-9(4-2-8)21(19,20)12(14)15/h1-6,12,16H,(H,17,18). The van der Waals surface area contributed by atoms with Crippen LogP contribution in [0.15, 0.2) is 45.9 Å². The van der Waals surface area contributed by atoms with Gasteiger partial charge in [-0.15, -0.1) is 0 Å². The monoisotopic (exact) mass is 378 g/mol. The lowest BCUT2D eigenvalue weighted by molar-refractivity contribution is 0.102. The van der Waals surface area contributed by atoms with Crippen molar-refractivity contribution in [1.82, 2.24) is 4.98 Å². The highest BCUT2D eigenvalue weighted by Crippen LogP contribution is 2.20. The van der Waals surface area contributed by atoms with E-state index in [0.29, 0.717) is 15.9 Å². The number of alkyl halides is 2. The van der Waals surface area contributed by atoms with Gasteiger partial charge in [-0.3, -0.25) is 4.79 Å². The molecule has 1 aromatic heterocycles. The molecule has 0 atom stereocenters. The molecule has 2 N–H and O–H groups in total. The summed E-state index contributed by atoms with van der Waals surface area (Å²) in [5, 5.41) is 2.51. The van der Waals surface area contributed by atoms with Crippen LogP contribution in [0, 0.1) is 0 Å². The first-order valence-electron chi connectivity index (χ1n) is 5.58. The molecule has 5 nitrogen and oxygen atoms in total. The number of rotatable bonds is 4. The molecule has 0 fully saturated rings. The molecule has 2 aromatic rings. The van der Waals surface area contributed by atoms with Crippen molar-refractivity contribution in [2.75, 3.05) is 5.32 Å². The molecule has 1 aromatic carbocycles. The Bertz CT molecular complexity index is 757. The van der Waals surface area contributed by atoms with Crippen molar-refractivity contribution in [1.29, 1.82) is 0 Å². The molecular formula is C12H9BrF2N2O3S. The Hall–Kier alpha value is -1.74. The first-order chi connectivity index (χ1) is 9.80. The van der Waals surface area contributed by atoms with E-state index < -0.39 is 26.4 Å². The molecule has 9 heteroatoms. The van der Waals surface area contributed by atoms with Gasteiger partial charge in [-0.2, -0.15) is 8.78 Å². The number of aromatic amines is 1. The Morgan fingerprint density at radius 1 is 1.24 bits per heavy atom. The zero-order valence-corrected chi connectivity index (χ0v) is 12.7. The van der Waals surface area contributed by atoms with Gasteiger partial charge in [0.05, 0.1) is 4.90 Å². The van der Waals surface area contributed by atoms with Crippen LogP contribution in [0.2, 0.25) is 0 Å². The van der Waals surface area contributed by atoms with Gasteiger partial charge in [0.1, 0.15) is 5.69 Å². The highest BCUT2D eigenvalue weighted by molar-refractivity contribution is 9.10. The van der Waals surface area contributed by atoms with Crippen LogP contribution in [0.25, 0.3) is 0 Å². The Morgan fingerprint density at radius 3 is 2.33 bits per heavy atom. The van der Waals surface area contributed by atoms with Gasteiger partial charge in [-0.25, -0.2) is 8.42 Å². The summed E-state index contributed by atoms with van der Waals surface area (Å²) in [7, 11) is -4.63.